The molecule has 0 aliphatic heterocycles. The minimum Gasteiger partial charge on any atom is -0.176 e. The minimum absolute atomic E-state index is 0.258. The van der Waals surface area contributed by atoms with Gasteiger partial charge in [-0.3, -0.25) is 0 Å². The fourth-order valence-corrected chi connectivity index (χ4v) is 3.59. The van der Waals surface area contributed by atoms with Gasteiger partial charge in [0.15, 0.2) is 0 Å². The van der Waals surface area contributed by atoms with E-state index in [2.05, 4.69) is 88.6 Å². The molecule has 0 bridgehead atoms. The van der Waals surface area contributed by atoms with Gasteiger partial charge in [-0.25, -0.2) is 0 Å². The second-order valence-electron chi connectivity index (χ2n) is 4.87. The Labute approximate surface area is 133 Å². The Hall–Kier alpha value is 0.620. The Morgan fingerprint density at radius 2 is 1.00 bits per heavy atom. The molecular formula is C14H22S4. The standard InChI is InChI=1S/C14H22S4/c1-9(15)7-13(17)11-3-5-12(6-4-11)14(18)8-10(2)16/h3-6,9-10,13-18H,7-8H2,1-2H3. The van der Waals surface area contributed by atoms with Gasteiger partial charge in [-0.1, -0.05) is 38.1 Å². The van der Waals surface area contributed by atoms with E-state index < -0.39 is 0 Å². The topological polar surface area (TPSA) is 0 Å². The highest BCUT2D eigenvalue weighted by molar-refractivity contribution is 7.82. The van der Waals surface area contributed by atoms with Crippen LogP contribution in [0.3, 0.4) is 0 Å². The number of thiol groups is 4. The Kier molecular flexibility index (Phi) is 7.44. The van der Waals surface area contributed by atoms with Crippen molar-refractivity contribution < 1.29 is 0 Å². The van der Waals surface area contributed by atoms with Crippen molar-refractivity contribution in [2.24, 2.45) is 0 Å². The second-order valence-corrected chi connectivity index (χ2v) is 7.88. The van der Waals surface area contributed by atoms with Crippen LogP contribution in [0.25, 0.3) is 0 Å². The molecule has 0 N–H and O–H groups in total. The Balaban J connectivity index is 2.67. The molecule has 4 unspecified atom stereocenters. The fraction of sp³-hybridized carbons (Fsp3) is 0.571. The van der Waals surface area contributed by atoms with Gasteiger partial charge in [0.1, 0.15) is 0 Å². The van der Waals surface area contributed by atoms with Crippen molar-refractivity contribution in [1.29, 1.82) is 0 Å². The average molecular weight is 319 g/mol. The number of rotatable bonds is 6. The summed E-state index contributed by atoms with van der Waals surface area (Å²) in [6.07, 6.45) is 1.95. The molecule has 4 heteroatoms. The first-order valence-electron chi connectivity index (χ1n) is 6.22. The molecule has 18 heavy (non-hydrogen) atoms. The Morgan fingerprint density at radius 1 is 0.722 bits per heavy atom. The number of benzene rings is 1. The molecule has 0 spiro atoms. The molecule has 1 rings (SSSR count). The zero-order chi connectivity index (χ0) is 13.7. The third-order valence-corrected chi connectivity index (χ3v) is 4.27. The van der Waals surface area contributed by atoms with Crippen LogP contribution < -0.4 is 0 Å². The van der Waals surface area contributed by atoms with Crippen LogP contribution in [0.5, 0.6) is 0 Å². The average Bonchev–Trinajstić information content (AvgIpc) is 2.27. The van der Waals surface area contributed by atoms with Crippen molar-refractivity contribution in [2.45, 2.75) is 47.7 Å². The van der Waals surface area contributed by atoms with Crippen molar-refractivity contribution in [2.75, 3.05) is 0 Å². The lowest BCUT2D eigenvalue weighted by Crippen LogP contribution is -2.01. The highest BCUT2D eigenvalue weighted by Crippen LogP contribution is 2.30. The summed E-state index contributed by atoms with van der Waals surface area (Å²) in [4.78, 5) is 0. The second kappa shape index (κ2) is 8.03. The predicted molar refractivity (Wildman–Crippen MR) is 96.0 cm³/mol. The van der Waals surface area contributed by atoms with E-state index in [4.69, 9.17) is 0 Å². The van der Waals surface area contributed by atoms with Crippen LogP contribution in [0.4, 0.5) is 0 Å². The summed E-state index contributed by atoms with van der Waals surface area (Å²) < 4.78 is 0. The number of hydrogen-bond acceptors (Lipinski definition) is 4. The summed E-state index contributed by atoms with van der Waals surface area (Å²) >= 11 is 18.1. The van der Waals surface area contributed by atoms with E-state index in [0.717, 1.165) is 12.8 Å². The molecule has 0 heterocycles. The molecule has 4 atom stereocenters. The van der Waals surface area contributed by atoms with Crippen LogP contribution in [0.1, 0.15) is 48.3 Å². The molecule has 102 valence electrons. The molecule has 0 aliphatic carbocycles. The van der Waals surface area contributed by atoms with Crippen molar-refractivity contribution in [1.82, 2.24) is 0 Å². The summed E-state index contributed by atoms with van der Waals surface area (Å²) in [7, 11) is 0. The monoisotopic (exact) mass is 318 g/mol. The van der Waals surface area contributed by atoms with Crippen LogP contribution >= 0.6 is 50.5 Å². The molecule has 0 aliphatic rings. The molecule has 0 aromatic heterocycles. The maximum Gasteiger partial charge on any atom is 0.0277 e. The predicted octanol–water partition coefficient (Wildman–Crippen LogP) is 5.05. The van der Waals surface area contributed by atoms with Gasteiger partial charge in [0.25, 0.3) is 0 Å². The lowest BCUT2D eigenvalue weighted by molar-refractivity contribution is 0.792. The van der Waals surface area contributed by atoms with Gasteiger partial charge >= 0.3 is 0 Å². The van der Waals surface area contributed by atoms with Gasteiger partial charge in [-0.15, -0.1) is 0 Å². The third-order valence-electron chi connectivity index (χ3n) is 2.83. The molecule has 0 amide bonds. The van der Waals surface area contributed by atoms with Gasteiger partial charge in [0.05, 0.1) is 0 Å². The lowest BCUT2D eigenvalue weighted by atomic mass is 10.0. The first kappa shape index (κ1) is 16.7. The fourth-order valence-electron chi connectivity index (χ4n) is 1.86. The highest BCUT2D eigenvalue weighted by Gasteiger charge is 2.12. The van der Waals surface area contributed by atoms with Gasteiger partial charge in [-0.05, 0) is 24.0 Å². The summed E-state index contributed by atoms with van der Waals surface area (Å²) in [6.45, 7) is 4.19. The molecule has 0 saturated carbocycles. The minimum atomic E-state index is 0.258. The first-order valence-corrected chi connectivity index (χ1v) is 8.28. The van der Waals surface area contributed by atoms with E-state index in [1.54, 1.807) is 0 Å². The van der Waals surface area contributed by atoms with E-state index in [0.29, 0.717) is 10.5 Å². The van der Waals surface area contributed by atoms with Gasteiger partial charge in [-0.2, -0.15) is 50.5 Å². The van der Waals surface area contributed by atoms with Crippen LogP contribution in [0, 0.1) is 0 Å². The number of hydrogen-bond donors (Lipinski definition) is 4. The van der Waals surface area contributed by atoms with Crippen molar-refractivity contribution in [3.8, 4) is 0 Å². The highest BCUT2D eigenvalue weighted by atomic mass is 32.1. The van der Waals surface area contributed by atoms with E-state index in [1.807, 2.05) is 0 Å². The molecule has 1 aromatic rings. The molecule has 0 fully saturated rings. The van der Waals surface area contributed by atoms with Crippen molar-refractivity contribution in [3.05, 3.63) is 35.4 Å². The summed E-state index contributed by atoms with van der Waals surface area (Å²) in [5.74, 6) is 0. The molecule has 0 saturated heterocycles. The van der Waals surface area contributed by atoms with E-state index in [-0.39, 0.29) is 10.5 Å². The largest absolute Gasteiger partial charge is 0.176 e. The van der Waals surface area contributed by atoms with Crippen molar-refractivity contribution in [3.63, 3.8) is 0 Å². The van der Waals surface area contributed by atoms with Crippen LogP contribution in [-0.4, -0.2) is 10.5 Å². The quantitative estimate of drug-likeness (QED) is 0.519. The first-order chi connectivity index (χ1) is 8.40. The van der Waals surface area contributed by atoms with Crippen LogP contribution in [-0.2, 0) is 0 Å². The van der Waals surface area contributed by atoms with E-state index in [1.165, 1.54) is 11.1 Å². The van der Waals surface area contributed by atoms with Crippen molar-refractivity contribution >= 4 is 50.5 Å². The summed E-state index contributed by atoms with van der Waals surface area (Å²) in [6, 6.07) is 8.59. The molecule has 0 nitrogen and oxygen atoms in total. The lowest BCUT2D eigenvalue weighted by Gasteiger charge is -2.16. The molecule has 1 aromatic carbocycles. The van der Waals surface area contributed by atoms with Gasteiger partial charge in [0.2, 0.25) is 0 Å². The normalized spacial score (nSPS) is 18.1. The smallest absolute Gasteiger partial charge is 0.0277 e. The van der Waals surface area contributed by atoms with Crippen LogP contribution in [0.15, 0.2) is 24.3 Å². The maximum absolute atomic E-state index is 4.62. The molecule has 0 radical (unpaired) electrons. The summed E-state index contributed by atoms with van der Waals surface area (Å²) in [5.41, 5.74) is 2.50. The van der Waals surface area contributed by atoms with Crippen LogP contribution in [0.2, 0.25) is 0 Å². The Bertz CT molecular complexity index is 310. The van der Waals surface area contributed by atoms with E-state index >= 15 is 0 Å². The van der Waals surface area contributed by atoms with E-state index in [9.17, 15) is 0 Å². The van der Waals surface area contributed by atoms with Gasteiger partial charge in [0, 0.05) is 21.0 Å². The summed E-state index contributed by atoms with van der Waals surface area (Å²) in [5, 5.41) is 1.26. The van der Waals surface area contributed by atoms with Gasteiger partial charge < -0.3 is 0 Å². The zero-order valence-electron chi connectivity index (χ0n) is 10.8. The maximum atomic E-state index is 4.62. The zero-order valence-corrected chi connectivity index (χ0v) is 14.4. The Morgan fingerprint density at radius 3 is 1.22 bits per heavy atom. The third kappa shape index (κ3) is 5.72. The SMILES string of the molecule is CC(S)CC(S)c1ccc(C(S)CC(C)S)cc1. The molecular weight excluding hydrogens is 296 g/mol.